The number of benzene rings is 1. The van der Waals surface area contributed by atoms with Gasteiger partial charge in [-0.25, -0.2) is 0 Å². The Morgan fingerprint density at radius 3 is 2.65 bits per heavy atom. The minimum Gasteiger partial charge on any atom is -0.319 e. The van der Waals surface area contributed by atoms with Gasteiger partial charge in [-0.2, -0.15) is 0 Å². The number of rotatable bonds is 5. The molecule has 0 radical (unpaired) electrons. The van der Waals surface area contributed by atoms with E-state index in [-0.39, 0.29) is 10.7 Å². The first kappa shape index (κ1) is 14.0. The van der Waals surface area contributed by atoms with Gasteiger partial charge in [0.05, 0.1) is 20.5 Å². The van der Waals surface area contributed by atoms with E-state index in [1.54, 1.807) is 6.08 Å². The molecular weight excluding hydrogens is 263 g/mol. The molecule has 0 aliphatic carbocycles. The van der Waals surface area contributed by atoms with E-state index in [1.807, 2.05) is 13.1 Å². The first-order valence-corrected chi connectivity index (χ1v) is 5.76. The predicted molar refractivity (Wildman–Crippen MR) is 70.7 cm³/mol. The van der Waals surface area contributed by atoms with Gasteiger partial charge in [-0.05, 0) is 26.1 Å². The van der Waals surface area contributed by atoms with Gasteiger partial charge in [0.2, 0.25) is 0 Å². The lowest BCUT2D eigenvalue weighted by Crippen LogP contribution is -2.05. The molecule has 0 aromatic heterocycles. The zero-order valence-electron chi connectivity index (χ0n) is 9.24. The van der Waals surface area contributed by atoms with Crippen LogP contribution in [0.4, 0.5) is 5.69 Å². The second kappa shape index (κ2) is 6.59. The van der Waals surface area contributed by atoms with Crippen molar-refractivity contribution in [2.75, 3.05) is 13.6 Å². The van der Waals surface area contributed by atoms with Crippen LogP contribution in [-0.2, 0) is 0 Å². The highest BCUT2D eigenvalue weighted by atomic mass is 35.5. The Labute approximate surface area is 109 Å². The van der Waals surface area contributed by atoms with Crippen LogP contribution in [0.5, 0.6) is 0 Å². The first-order valence-electron chi connectivity index (χ1n) is 5.01. The lowest BCUT2D eigenvalue weighted by atomic mass is 10.1. The van der Waals surface area contributed by atoms with Gasteiger partial charge in [-0.3, -0.25) is 10.1 Å². The van der Waals surface area contributed by atoms with Gasteiger partial charge >= 0.3 is 0 Å². The van der Waals surface area contributed by atoms with Gasteiger partial charge in [-0.15, -0.1) is 0 Å². The molecule has 1 rings (SSSR count). The Bertz CT molecular complexity index is 447. The molecule has 6 heteroatoms. The van der Waals surface area contributed by atoms with Crippen molar-refractivity contribution < 1.29 is 4.92 Å². The monoisotopic (exact) mass is 274 g/mol. The van der Waals surface area contributed by atoms with Crippen molar-refractivity contribution >= 4 is 35.0 Å². The maximum atomic E-state index is 10.8. The average molecular weight is 275 g/mol. The van der Waals surface area contributed by atoms with E-state index in [0.717, 1.165) is 13.0 Å². The average Bonchev–Trinajstić information content (AvgIpc) is 2.28. The van der Waals surface area contributed by atoms with Crippen LogP contribution in [0.1, 0.15) is 12.0 Å². The highest BCUT2D eigenvalue weighted by molar-refractivity contribution is 6.42. The van der Waals surface area contributed by atoms with Gasteiger partial charge in [0.1, 0.15) is 0 Å². The molecule has 1 N–H and O–H groups in total. The number of hydrogen-bond donors (Lipinski definition) is 1. The molecule has 0 amide bonds. The number of nitro benzene ring substituents is 1. The molecule has 0 atom stereocenters. The summed E-state index contributed by atoms with van der Waals surface area (Å²) in [4.78, 5) is 10.4. The highest BCUT2D eigenvalue weighted by Crippen LogP contribution is 2.31. The number of nitrogens with one attached hydrogen (secondary N) is 1. The summed E-state index contributed by atoms with van der Waals surface area (Å²) in [6.07, 6.45) is 4.31. The molecule has 1 aromatic rings. The lowest BCUT2D eigenvalue weighted by Gasteiger charge is -2.01. The van der Waals surface area contributed by atoms with Gasteiger partial charge < -0.3 is 5.32 Å². The summed E-state index contributed by atoms with van der Waals surface area (Å²) in [5.41, 5.74) is 0.417. The van der Waals surface area contributed by atoms with E-state index < -0.39 is 4.92 Å². The molecule has 0 saturated carbocycles. The predicted octanol–water partition coefficient (Wildman–Crippen LogP) is 3.52. The molecule has 0 aliphatic rings. The number of hydrogen-bond acceptors (Lipinski definition) is 3. The Kier molecular flexibility index (Phi) is 5.41. The van der Waals surface area contributed by atoms with Crippen LogP contribution in [0.25, 0.3) is 6.08 Å². The van der Waals surface area contributed by atoms with Gasteiger partial charge in [0.15, 0.2) is 0 Å². The van der Waals surface area contributed by atoms with E-state index in [0.29, 0.717) is 10.6 Å². The Morgan fingerprint density at radius 2 is 2.06 bits per heavy atom. The standard InChI is InChI=1S/C11H12Cl2N2O2/c1-14-5-3-2-4-8-6-9(12)10(13)7-11(8)15(16)17/h2,4,6-7,14H,3,5H2,1H3. The van der Waals surface area contributed by atoms with Gasteiger partial charge in [0.25, 0.3) is 5.69 Å². The van der Waals surface area contributed by atoms with Crippen LogP contribution in [0.3, 0.4) is 0 Å². The first-order chi connectivity index (χ1) is 8.06. The third-order valence-corrected chi connectivity index (χ3v) is 2.85. The van der Waals surface area contributed by atoms with Gasteiger partial charge in [-0.1, -0.05) is 35.4 Å². The molecule has 92 valence electrons. The molecule has 0 heterocycles. The quantitative estimate of drug-likeness (QED) is 0.508. The molecule has 17 heavy (non-hydrogen) atoms. The van der Waals surface area contributed by atoms with E-state index in [4.69, 9.17) is 23.2 Å². The molecular formula is C11H12Cl2N2O2. The molecule has 4 nitrogen and oxygen atoms in total. The van der Waals surface area contributed by atoms with Crippen LogP contribution in [0.15, 0.2) is 18.2 Å². The van der Waals surface area contributed by atoms with Crippen LogP contribution in [-0.4, -0.2) is 18.5 Å². The maximum Gasteiger partial charge on any atom is 0.278 e. The molecule has 0 unspecified atom stereocenters. The molecule has 0 bridgehead atoms. The van der Waals surface area contributed by atoms with Crippen molar-refractivity contribution in [2.24, 2.45) is 0 Å². The van der Waals surface area contributed by atoms with E-state index >= 15 is 0 Å². The molecule has 0 aliphatic heterocycles. The summed E-state index contributed by atoms with van der Waals surface area (Å²) in [7, 11) is 1.84. The summed E-state index contributed by atoms with van der Waals surface area (Å²) < 4.78 is 0. The number of halogens is 2. The van der Waals surface area contributed by atoms with E-state index in [1.165, 1.54) is 12.1 Å². The van der Waals surface area contributed by atoms with Crippen molar-refractivity contribution in [2.45, 2.75) is 6.42 Å². The third kappa shape index (κ3) is 4.00. The SMILES string of the molecule is CNCCC=Cc1cc(Cl)c(Cl)cc1[N+](=O)[O-]. The van der Waals surface area contributed by atoms with E-state index in [9.17, 15) is 10.1 Å². The van der Waals surface area contributed by atoms with Crippen molar-refractivity contribution in [3.05, 3.63) is 43.9 Å². The fraction of sp³-hybridized carbons (Fsp3) is 0.273. The Morgan fingerprint density at radius 1 is 1.41 bits per heavy atom. The fourth-order valence-electron chi connectivity index (χ4n) is 1.28. The second-order valence-corrected chi connectivity index (χ2v) is 4.19. The van der Waals surface area contributed by atoms with Crippen LogP contribution < -0.4 is 5.32 Å². The second-order valence-electron chi connectivity index (χ2n) is 3.38. The van der Waals surface area contributed by atoms with Crippen LogP contribution in [0, 0.1) is 10.1 Å². The summed E-state index contributed by atoms with van der Waals surface area (Å²) in [5.74, 6) is 0. The number of nitrogens with zero attached hydrogens (tertiary/aromatic N) is 1. The molecule has 0 fully saturated rings. The molecule has 1 aromatic carbocycles. The van der Waals surface area contributed by atoms with Crippen molar-refractivity contribution in [1.29, 1.82) is 0 Å². The topological polar surface area (TPSA) is 55.2 Å². The van der Waals surface area contributed by atoms with Crippen LogP contribution in [0.2, 0.25) is 10.0 Å². The summed E-state index contributed by atoms with van der Waals surface area (Å²) in [6.45, 7) is 0.811. The highest BCUT2D eigenvalue weighted by Gasteiger charge is 2.14. The third-order valence-electron chi connectivity index (χ3n) is 2.12. The fourth-order valence-corrected chi connectivity index (χ4v) is 1.61. The maximum absolute atomic E-state index is 10.8. The minimum atomic E-state index is -0.472. The normalized spacial score (nSPS) is 11.0. The van der Waals surface area contributed by atoms with Crippen molar-refractivity contribution in [1.82, 2.24) is 5.32 Å². The summed E-state index contributed by atoms with van der Waals surface area (Å²) in [6, 6.07) is 2.76. The zero-order chi connectivity index (χ0) is 12.8. The largest absolute Gasteiger partial charge is 0.319 e. The molecule has 0 saturated heterocycles. The summed E-state index contributed by atoms with van der Waals surface area (Å²) in [5, 5.41) is 14.3. The molecule has 0 spiro atoms. The lowest BCUT2D eigenvalue weighted by molar-refractivity contribution is -0.385. The Hall–Kier alpha value is -1.10. The van der Waals surface area contributed by atoms with Gasteiger partial charge in [0, 0.05) is 6.07 Å². The zero-order valence-corrected chi connectivity index (χ0v) is 10.8. The smallest absolute Gasteiger partial charge is 0.278 e. The minimum absolute atomic E-state index is 0.0416. The Balaban J connectivity index is 3.00. The van der Waals surface area contributed by atoms with Crippen LogP contribution >= 0.6 is 23.2 Å². The van der Waals surface area contributed by atoms with E-state index in [2.05, 4.69) is 5.32 Å². The summed E-state index contributed by atoms with van der Waals surface area (Å²) >= 11 is 11.6. The van der Waals surface area contributed by atoms with Crippen molar-refractivity contribution in [3.63, 3.8) is 0 Å². The van der Waals surface area contributed by atoms with Crippen molar-refractivity contribution in [3.8, 4) is 0 Å². The number of nitro groups is 1.